The van der Waals surface area contributed by atoms with E-state index in [-0.39, 0.29) is 24.4 Å². The Hall–Kier alpha value is -2.41. The van der Waals surface area contributed by atoms with Gasteiger partial charge in [-0.05, 0) is 29.2 Å². The van der Waals surface area contributed by atoms with Crippen LogP contribution in [0.15, 0.2) is 48.7 Å². The van der Waals surface area contributed by atoms with E-state index in [0.717, 1.165) is 16.1 Å². The van der Waals surface area contributed by atoms with Crippen LogP contribution in [0.4, 0.5) is 5.69 Å². The first kappa shape index (κ1) is 19.9. The average molecular weight is 375 g/mol. The van der Waals surface area contributed by atoms with Crippen LogP contribution in [-0.2, 0) is 26.8 Å². The zero-order valence-electron chi connectivity index (χ0n) is 15.6. The molecule has 6 nitrogen and oxygen atoms in total. The van der Waals surface area contributed by atoms with Gasteiger partial charge in [-0.15, -0.1) is 0 Å². The summed E-state index contributed by atoms with van der Waals surface area (Å²) in [5.74, 6) is -0.384. The molecule has 0 bridgehead atoms. The van der Waals surface area contributed by atoms with Gasteiger partial charge in [-0.25, -0.2) is 8.42 Å². The fraction of sp³-hybridized carbons (Fsp3) is 0.368. The zero-order chi connectivity index (χ0) is 19.4. The first-order chi connectivity index (χ1) is 12.1. The summed E-state index contributed by atoms with van der Waals surface area (Å²) in [5.41, 5.74) is 1.84. The van der Waals surface area contributed by atoms with Crippen LogP contribution >= 0.6 is 0 Å². The van der Waals surface area contributed by atoms with Gasteiger partial charge in [0.05, 0.1) is 24.2 Å². The van der Waals surface area contributed by atoms with Crippen molar-refractivity contribution in [3.63, 3.8) is 0 Å². The molecule has 2 rings (SSSR count). The number of benzene rings is 1. The number of nitrogens with zero attached hydrogens (tertiary/aromatic N) is 2. The summed E-state index contributed by atoms with van der Waals surface area (Å²) >= 11 is 0. The van der Waals surface area contributed by atoms with Crippen LogP contribution in [0.5, 0.6) is 0 Å². The minimum atomic E-state index is -3.62. The van der Waals surface area contributed by atoms with Gasteiger partial charge in [-0.1, -0.05) is 45.0 Å². The van der Waals surface area contributed by atoms with Gasteiger partial charge in [0.15, 0.2) is 0 Å². The molecule has 1 heterocycles. The number of carbonyl (C=O) groups is 1. The number of para-hydroxylation sites is 1. The number of nitrogens with one attached hydrogen (secondary N) is 1. The lowest BCUT2D eigenvalue weighted by Crippen LogP contribution is -2.41. The van der Waals surface area contributed by atoms with Gasteiger partial charge in [0.25, 0.3) is 0 Å². The fourth-order valence-corrected chi connectivity index (χ4v) is 3.45. The maximum atomic E-state index is 12.4. The molecule has 1 amide bonds. The van der Waals surface area contributed by atoms with Gasteiger partial charge in [0.1, 0.15) is 6.54 Å². The standard InChI is InChI=1S/C19H25N3O3S/c1-19(2,3)16-10-5-6-11-17(16)22(26(4,24)25)14-18(23)21-13-15-9-7-8-12-20-15/h5-12H,13-14H2,1-4H3,(H,21,23). The predicted molar refractivity (Wildman–Crippen MR) is 103 cm³/mol. The molecule has 7 heteroatoms. The molecule has 0 unspecified atom stereocenters. The normalized spacial score (nSPS) is 11.8. The van der Waals surface area contributed by atoms with Crippen molar-refractivity contribution >= 4 is 21.6 Å². The number of aromatic nitrogens is 1. The van der Waals surface area contributed by atoms with Crippen LogP contribution in [-0.4, -0.2) is 32.1 Å². The Labute approximate surface area is 155 Å². The van der Waals surface area contributed by atoms with E-state index in [1.807, 2.05) is 39.0 Å². The number of rotatable bonds is 6. The summed E-state index contributed by atoms with van der Waals surface area (Å²) in [4.78, 5) is 16.5. The van der Waals surface area contributed by atoms with Gasteiger partial charge in [0.2, 0.25) is 15.9 Å². The summed E-state index contributed by atoms with van der Waals surface area (Å²) in [6, 6.07) is 12.7. The van der Waals surface area contributed by atoms with Crippen LogP contribution in [0.3, 0.4) is 0 Å². The highest BCUT2D eigenvalue weighted by molar-refractivity contribution is 7.92. The van der Waals surface area contributed by atoms with Crippen molar-refractivity contribution in [1.29, 1.82) is 0 Å². The van der Waals surface area contributed by atoms with Crippen LogP contribution in [0.1, 0.15) is 32.0 Å². The number of hydrogen-bond acceptors (Lipinski definition) is 4. The van der Waals surface area contributed by atoms with Crippen LogP contribution in [0.25, 0.3) is 0 Å². The Morgan fingerprint density at radius 3 is 2.35 bits per heavy atom. The van der Waals surface area contributed by atoms with E-state index in [4.69, 9.17) is 0 Å². The summed E-state index contributed by atoms with van der Waals surface area (Å²) in [7, 11) is -3.62. The van der Waals surface area contributed by atoms with Gasteiger partial charge in [-0.2, -0.15) is 0 Å². The number of carbonyl (C=O) groups excluding carboxylic acids is 1. The van der Waals surface area contributed by atoms with E-state index < -0.39 is 10.0 Å². The van der Waals surface area contributed by atoms with Crippen molar-refractivity contribution < 1.29 is 13.2 Å². The highest BCUT2D eigenvalue weighted by Crippen LogP contribution is 2.32. The Bertz CT molecular complexity index is 859. The van der Waals surface area contributed by atoms with Gasteiger partial charge < -0.3 is 5.32 Å². The van der Waals surface area contributed by atoms with Crippen molar-refractivity contribution in [3.05, 3.63) is 59.9 Å². The third-order valence-electron chi connectivity index (χ3n) is 3.86. The molecule has 140 valence electrons. The van der Waals surface area contributed by atoms with Crippen molar-refractivity contribution in [3.8, 4) is 0 Å². The maximum absolute atomic E-state index is 12.4. The molecule has 0 spiro atoms. The molecule has 0 saturated carbocycles. The third kappa shape index (κ3) is 5.29. The number of sulfonamides is 1. The number of hydrogen-bond donors (Lipinski definition) is 1. The van der Waals surface area contributed by atoms with E-state index in [1.54, 1.807) is 30.5 Å². The molecule has 0 fully saturated rings. The van der Waals surface area contributed by atoms with Gasteiger partial charge in [0, 0.05) is 6.20 Å². The summed E-state index contributed by atoms with van der Waals surface area (Å²) in [6.45, 7) is 5.99. The van der Waals surface area contributed by atoms with Crippen molar-refractivity contribution in [2.45, 2.75) is 32.7 Å². The number of pyridine rings is 1. The van der Waals surface area contributed by atoms with E-state index in [9.17, 15) is 13.2 Å². The quantitative estimate of drug-likeness (QED) is 0.841. The van der Waals surface area contributed by atoms with E-state index in [1.165, 1.54) is 0 Å². The first-order valence-electron chi connectivity index (χ1n) is 8.33. The van der Waals surface area contributed by atoms with Crippen molar-refractivity contribution in [2.75, 3.05) is 17.1 Å². The SMILES string of the molecule is CC(C)(C)c1ccccc1N(CC(=O)NCc1ccccn1)S(C)(=O)=O. The fourth-order valence-electron chi connectivity index (χ4n) is 2.58. The molecular weight excluding hydrogens is 350 g/mol. The smallest absolute Gasteiger partial charge is 0.241 e. The predicted octanol–water partition coefficient (Wildman–Crippen LogP) is 2.46. The van der Waals surface area contributed by atoms with Crippen LogP contribution < -0.4 is 9.62 Å². The van der Waals surface area contributed by atoms with Crippen LogP contribution in [0, 0.1) is 0 Å². The monoisotopic (exact) mass is 375 g/mol. The Balaban J connectivity index is 2.23. The van der Waals surface area contributed by atoms with Crippen molar-refractivity contribution in [2.24, 2.45) is 0 Å². The highest BCUT2D eigenvalue weighted by atomic mass is 32.2. The molecule has 0 aliphatic rings. The largest absolute Gasteiger partial charge is 0.349 e. The second-order valence-electron chi connectivity index (χ2n) is 7.13. The van der Waals surface area contributed by atoms with E-state index >= 15 is 0 Å². The molecular formula is C19H25N3O3S. The summed E-state index contributed by atoms with van der Waals surface area (Å²) in [5, 5.41) is 2.72. The number of amides is 1. The Morgan fingerprint density at radius 1 is 1.12 bits per heavy atom. The molecule has 0 saturated heterocycles. The zero-order valence-corrected chi connectivity index (χ0v) is 16.4. The first-order valence-corrected chi connectivity index (χ1v) is 10.2. The second-order valence-corrected chi connectivity index (χ2v) is 9.04. The van der Waals surface area contributed by atoms with E-state index in [0.29, 0.717) is 11.4 Å². The molecule has 0 radical (unpaired) electrons. The Morgan fingerprint density at radius 2 is 1.77 bits per heavy atom. The highest BCUT2D eigenvalue weighted by Gasteiger charge is 2.27. The molecule has 0 aliphatic heterocycles. The maximum Gasteiger partial charge on any atom is 0.241 e. The molecule has 0 atom stereocenters. The lowest BCUT2D eigenvalue weighted by molar-refractivity contribution is -0.119. The Kier molecular flexibility index (Phi) is 6.02. The molecule has 1 aromatic carbocycles. The molecule has 2 aromatic rings. The van der Waals surface area contributed by atoms with E-state index in [2.05, 4.69) is 10.3 Å². The molecule has 0 aliphatic carbocycles. The minimum Gasteiger partial charge on any atom is -0.349 e. The average Bonchev–Trinajstić information content (AvgIpc) is 2.57. The minimum absolute atomic E-state index is 0.248. The topological polar surface area (TPSA) is 79.4 Å². The van der Waals surface area contributed by atoms with Crippen molar-refractivity contribution in [1.82, 2.24) is 10.3 Å². The third-order valence-corrected chi connectivity index (χ3v) is 4.99. The van der Waals surface area contributed by atoms with Gasteiger partial charge >= 0.3 is 0 Å². The van der Waals surface area contributed by atoms with Gasteiger partial charge in [-0.3, -0.25) is 14.1 Å². The van der Waals surface area contributed by atoms with Crippen LogP contribution in [0.2, 0.25) is 0 Å². The summed E-state index contributed by atoms with van der Waals surface area (Å²) < 4.78 is 25.9. The lowest BCUT2D eigenvalue weighted by atomic mass is 9.86. The molecule has 1 N–H and O–H groups in total. The summed E-state index contributed by atoms with van der Waals surface area (Å²) in [6.07, 6.45) is 2.75. The second kappa shape index (κ2) is 7.86. The number of anilines is 1. The lowest BCUT2D eigenvalue weighted by Gasteiger charge is -2.29. The molecule has 26 heavy (non-hydrogen) atoms. The molecule has 1 aromatic heterocycles.